The van der Waals surface area contributed by atoms with Crippen LogP contribution in [-0.2, 0) is 0 Å². The van der Waals surface area contributed by atoms with Crippen LogP contribution in [0.3, 0.4) is 0 Å². The van der Waals surface area contributed by atoms with Gasteiger partial charge in [-0.2, -0.15) is 13.2 Å². The lowest BCUT2D eigenvalue weighted by atomic mass is 10.2. The fraction of sp³-hybridized carbons (Fsp3) is 0.385. The van der Waals surface area contributed by atoms with Crippen LogP contribution in [0.1, 0.15) is 28.9 Å². The molecular formula is C13H13F3N2O2. The molecule has 0 bridgehead atoms. The summed E-state index contributed by atoms with van der Waals surface area (Å²) in [7, 11) is 0. The first-order chi connectivity index (χ1) is 9.44. The Kier molecular flexibility index (Phi) is 6.00. The lowest BCUT2D eigenvalue weighted by Crippen LogP contribution is -2.29. The summed E-state index contributed by atoms with van der Waals surface area (Å²) in [6, 6.07) is 3.10. The van der Waals surface area contributed by atoms with Crippen molar-refractivity contribution in [2.45, 2.75) is 19.0 Å². The highest BCUT2D eigenvalue weighted by atomic mass is 19.4. The molecule has 0 saturated carbocycles. The molecule has 1 heterocycles. The van der Waals surface area contributed by atoms with Crippen LogP contribution in [0, 0.1) is 11.8 Å². The predicted octanol–water partition coefficient (Wildman–Crippen LogP) is 1.50. The van der Waals surface area contributed by atoms with Gasteiger partial charge >= 0.3 is 6.18 Å². The zero-order valence-electron chi connectivity index (χ0n) is 10.5. The summed E-state index contributed by atoms with van der Waals surface area (Å²) in [5, 5.41) is 10.8. The summed E-state index contributed by atoms with van der Waals surface area (Å²) in [5.74, 6) is 4.57. The Morgan fingerprint density at radius 1 is 1.45 bits per heavy atom. The second-order valence-corrected chi connectivity index (χ2v) is 3.80. The van der Waals surface area contributed by atoms with Gasteiger partial charge in [0.1, 0.15) is 5.69 Å². The quantitative estimate of drug-likeness (QED) is 0.825. The molecule has 0 aliphatic carbocycles. The number of amides is 1. The average molecular weight is 286 g/mol. The number of pyridine rings is 1. The molecule has 0 aromatic carbocycles. The predicted molar refractivity (Wildman–Crippen MR) is 65.8 cm³/mol. The monoisotopic (exact) mass is 286 g/mol. The second kappa shape index (κ2) is 7.50. The summed E-state index contributed by atoms with van der Waals surface area (Å²) in [4.78, 5) is 15.5. The molecule has 2 N–H and O–H groups in total. The van der Waals surface area contributed by atoms with Crippen LogP contribution < -0.4 is 5.32 Å². The SMILES string of the molecule is O=C(NCCC(F)(F)F)c1ncccc1C#CCCO. The molecule has 108 valence electrons. The molecule has 0 unspecified atom stereocenters. The van der Waals surface area contributed by atoms with Crippen molar-refractivity contribution in [1.29, 1.82) is 0 Å². The molecular weight excluding hydrogens is 273 g/mol. The number of halogens is 3. The summed E-state index contributed by atoms with van der Waals surface area (Å²) < 4.78 is 35.9. The third-order valence-corrected chi connectivity index (χ3v) is 2.18. The summed E-state index contributed by atoms with van der Waals surface area (Å²) in [5.41, 5.74) is 0.283. The highest BCUT2D eigenvalue weighted by Gasteiger charge is 2.26. The number of alkyl halides is 3. The molecule has 0 saturated heterocycles. The Labute approximate surface area is 114 Å². The number of aliphatic hydroxyl groups excluding tert-OH is 1. The Hall–Kier alpha value is -2.07. The Morgan fingerprint density at radius 3 is 2.85 bits per heavy atom. The number of rotatable bonds is 4. The Bertz CT molecular complexity index is 518. The topological polar surface area (TPSA) is 62.2 Å². The number of hydrogen-bond acceptors (Lipinski definition) is 3. The van der Waals surface area contributed by atoms with Gasteiger partial charge in [0.25, 0.3) is 5.91 Å². The fourth-order valence-electron chi connectivity index (χ4n) is 1.30. The number of hydrogen-bond donors (Lipinski definition) is 2. The van der Waals surface area contributed by atoms with Gasteiger partial charge in [0.2, 0.25) is 0 Å². The van der Waals surface area contributed by atoms with Crippen LogP contribution >= 0.6 is 0 Å². The minimum Gasteiger partial charge on any atom is -0.395 e. The first-order valence-corrected chi connectivity index (χ1v) is 5.84. The fourth-order valence-corrected chi connectivity index (χ4v) is 1.30. The highest BCUT2D eigenvalue weighted by Crippen LogP contribution is 2.18. The molecule has 1 amide bonds. The molecule has 0 radical (unpaired) electrons. The summed E-state index contributed by atoms with van der Waals surface area (Å²) in [6.07, 6.45) is -3.82. The molecule has 0 fully saturated rings. The van der Waals surface area contributed by atoms with E-state index in [9.17, 15) is 18.0 Å². The van der Waals surface area contributed by atoms with Crippen molar-refractivity contribution >= 4 is 5.91 Å². The zero-order valence-corrected chi connectivity index (χ0v) is 10.5. The molecule has 4 nitrogen and oxygen atoms in total. The van der Waals surface area contributed by atoms with E-state index in [0.29, 0.717) is 5.56 Å². The third-order valence-electron chi connectivity index (χ3n) is 2.18. The number of nitrogens with zero attached hydrogens (tertiary/aromatic N) is 1. The van der Waals surface area contributed by atoms with Gasteiger partial charge in [-0.1, -0.05) is 11.8 Å². The van der Waals surface area contributed by atoms with E-state index < -0.39 is 25.0 Å². The van der Waals surface area contributed by atoms with Crippen molar-refractivity contribution in [3.8, 4) is 11.8 Å². The van der Waals surface area contributed by atoms with Gasteiger partial charge in [-0.05, 0) is 12.1 Å². The maximum Gasteiger partial charge on any atom is 0.390 e. The van der Waals surface area contributed by atoms with Crippen molar-refractivity contribution in [2.24, 2.45) is 0 Å². The first kappa shape index (κ1) is 16.0. The minimum absolute atomic E-state index is 0.0277. The average Bonchev–Trinajstić information content (AvgIpc) is 2.38. The van der Waals surface area contributed by atoms with Crippen LogP contribution in [0.2, 0.25) is 0 Å². The number of aromatic nitrogens is 1. The van der Waals surface area contributed by atoms with Crippen molar-refractivity contribution < 1.29 is 23.1 Å². The van der Waals surface area contributed by atoms with E-state index in [1.807, 2.05) is 0 Å². The van der Waals surface area contributed by atoms with Crippen molar-refractivity contribution in [2.75, 3.05) is 13.2 Å². The van der Waals surface area contributed by atoms with Gasteiger partial charge in [-0.15, -0.1) is 0 Å². The normalized spacial score (nSPS) is 10.6. The largest absolute Gasteiger partial charge is 0.395 e. The van der Waals surface area contributed by atoms with Gasteiger partial charge in [-0.25, -0.2) is 4.98 Å². The second-order valence-electron chi connectivity index (χ2n) is 3.80. The van der Waals surface area contributed by atoms with Crippen LogP contribution in [0.4, 0.5) is 13.2 Å². The van der Waals surface area contributed by atoms with Gasteiger partial charge in [0.15, 0.2) is 0 Å². The van der Waals surface area contributed by atoms with Crippen molar-refractivity contribution in [1.82, 2.24) is 10.3 Å². The molecule has 0 aliphatic heterocycles. The van der Waals surface area contributed by atoms with Gasteiger partial charge in [-0.3, -0.25) is 4.79 Å². The molecule has 1 rings (SSSR count). The molecule has 1 aromatic heterocycles. The smallest absolute Gasteiger partial charge is 0.390 e. The van der Waals surface area contributed by atoms with Crippen molar-refractivity contribution in [3.05, 3.63) is 29.6 Å². The van der Waals surface area contributed by atoms with Crippen LogP contribution in [0.5, 0.6) is 0 Å². The molecule has 20 heavy (non-hydrogen) atoms. The standard InChI is InChI=1S/C13H13F3N2O2/c14-13(15,16)6-8-18-12(20)11-10(4-1-2-9-19)5-3-7-17-11/h3,5,7,19H,2,6,8-9H2,(H,18,20). The van der Waals surface area contributed by atoms with E-state index >= 15 is 0 Å². The minimum atomic E-state index is -4.32. The lowest BCUT2D eigenvalue weighted by Gasteiger charge is -2.08. The first-order valence-electron chi connectivity index (χ1n) is 5.84. The number of nitrogens with one attached hydrogen (secondary N) is 1. The maximum atomic E-state index is 12.0. The lowest BCUT2D eigenvalue weighted by molar-refractivity contribution is -0.132. The summed E-state index contributed by atoms with van der Waals surface area (Å²) in [6.45, 7) is -0.622. The Balaban J connectivity index is 2.71. The van der Waals surface area contributed by atoms with Crippen LogP contribution in [0.25, 0.3) is 0 Å². The van der Waals surface area contributed by atoms with E-state index in [1.165, 1.54) is 12.3 Å². The third kappa shape index (κ3) is 5.71. The highest BCUT2D eigenvalue weighted by molar-refractivity contribution is 5.94. The molecule has 0 atom stereocenters. The summed E-state index contributed by atoms with van der Waals surface area (Å²) >= 11 is 0. The van der Waals surface area contributed by atoms with Crippen LogP contribution in [-0.4, -0.2) is 35.3 Å². The van der Waals surface area contributed by atoms with Gasteiger partial charge in [0, 0.05) is 19.2 Å². The van der Waals surface area contributed by atoms with E-state index in [0.717, 1.165) is 0 Å². The van der Waals surface area contributed by atoms with E-state index in [2.05, 4.69) is 22.1 Å². The number of carbonyl (C=O) groups is 1. The van der Waals surface area contributed by atoms with E-state index in [1.54, 1.807) is 6.07 Å². The maximum absolute atomic E-state index is 12.0. The molecule has 0 aliphatic rings. The van der Waals surface area contributed by atoms with Crippen molar-refractivity contribution in [3.63, 3.8) is 0 Å². The van der Waals surface area contributed by atoms with Crippen LogP contribution in [0.15, 0.2) is 18.3 Å². The van der Waals surface area contributed by atoms with Gasteiger partial charge < -0.3 is 10.4 Å². The number of carbonyl (C=O) groups excluding carboxylic acids is 1. The van der Waals surface area contributed by atoms with E-state index in [4.69, 9.17) is 5.11 Å². The molecule has 7 heteroatoms. The zero-order chi connectivity index (χ0) is 15.0. The number of aliphatic hydroxyl groups is 1. The van der Waals surface area contributed by atoms with E-state index in [-0.39, 0.29) is 18.7 Å². The van der Waals surface area contributed by atoms with Gasteiger partial charge in [0.05, 0.1) is 18.6 Å². The molecule has 0 spiro atoms. The Morgan fingerprint density at radius 2 is 2.20 bits per heavy atom. The molecule has 1 aromatic rings.